The first-order chi connectivity index (χ1) is 25.4. The predicted molar refractivity (Wildman–Crippen MR) is 197 cm³/mol. The van der Waals surface area contributed by atoms with Gasteiger partial charge >= 0.3 is 0 Å². The molecule has 5 aromatic rings. The van der Waals surface area contributed by atoms with Crippen molar-refractivity contribution in [2.75, 3.05) is 37.6 Å². The van der Waals surface area contributed by atoms with Crippen molar-refractivity contribution in [1.82, 2.24) is 15.2 Å². The summed E-state index contributed by atoms with van der Waals surface area (Å²) < 4.78 is 13.4. The number of ether oxygens (including phenoxy) is 2. The summed E-state index contributed by atoms with van der Waals surface area (Å²) in [4.78, 5) is 32.0. The third-order valence-electron chi connectivity index (χ3n) is 9.67. The van der Waals surface area contributed by atoms with Crippen LogP contribution in [0.25, 0.3) is 11.1 Å². The molecule has 0 unspecified atom stereocenters. The Hall–Kier alpha value is -5.46. The summed E-state index contributed by atoms with van der Waals surface area (Å²) in [6, 6.07) is 34.5. The number of amides is 1. The normalized spacial score (nSPS) is 19.2. The monoisotopic (exact) mass is 699 g/mol. The van der Waals surface area contributed by atoms with Gasteiger partial charge in [-0.2, -0.15) is 0 Å². The van der Waals surface area contributed by atoms with Gasteiger partial charge in [-0.3, -0.25) is 24.8 Å². The summed E-state index contributed by atoms with van der Waals surface area (Å²) in [5, 5.41) is 23.7. The second kappa shape index (κ2) is 16.3. The third-order valence-corrected chi connectivity index (χ3v) is 9.67. The molecule has 1 aromatic heterocycles. The van der Waals surface area contributed by atoms with Gasteiger partial charge in [0.05, 0.1) is 29.3 Å². The number of piperazine rings is 1. The minimum Gasteiger partial charge on any atom is -0.392 e. The second-order valence-electron chi connectivity index (χ2n) is 13.2. The molecule has 0 radical (unpaired) electrons. The van der Waals surface area contributed by atoms with Gasteiger partial charge in [-0.15, -0.1) is 0 Å². The first kappa shape index (κ1) is 35.0. The number of non-ortho nitro benzene ring substituents is 1. The lowest BCUT2D eigenvalue weighted by Gasteiger charge is -2.41. The molecule has 4 aromatic carbocycles. The van der Waals surface area contributed by atoms with Crippen LogP contribution in [0, 0.1) is 10.1 Å². The van der Waals surface area contributed by atoms with E-state index in [0.717, 1.165) is 71.8 Å². The Balaban J connectivity index is 1.05. The Bertz CT molecular complexity index is 1970. The molecule has 3 atom stereocenters. The summed E-state index contributed by atoms with van der Waals surface area (Å²) in [6.45, 7) is 4.41. The zero-order valence-electron chi connectivity index (χ0n) is 28.7. The van der Waals surface area contributed by atoms with Crippen molar-refractivity contribution in [3.63, 3.8) is 0 Å². The van der Waals surface area contributed by atoms with E-state index in [1.54, 1.807) is 36.7 Å². The molecule has 7 rings (SSSR count). The number of aliphatic hydroxyl groups excluding tert-OH is 1. The molecule has 2 aliphatic rings. The lowest BCUT2D eigenvalue weighted by molar-refractivity contribution is -0.384. The molecule has 0 saturated carbocycles. The van der Waals surface area contributed by atoms with E-state index in [1.807, 2.05) is 60.7 Å². The largest absolute Gasteiger partial charge is 0.392 e. The summed E-state index contributed by atoms with van der Waals surface area (Å²) in [6.07, 6.45) is 2.99. The van der Waals surface area contributed by atoms with E-state index in [0.29, 0.717) is 18.5 Å². The number of rotatable bonds is 11. The van der Waals surface area contributed by atoms with Gasteiger partial charge in [0.15, 0.2) is 6.29 Å². The molecule has 3 heterocycles. The number of anilines is 1. The number of aromatic nitrogens is 1. The molecule has 266 valence electrons. The summed E-state index contributed by atoms with van der Waals surface area (Å²) in [5.74, 6) is -0.173. The molecule has 0 aliphatic carbocycles. The van der Waals surface area contributed by atoms with Crippen molar-refractivity contribution in [3.05, 3.63) is 160 Å². The van der Waals surface area contributed by atoms with Gasteiger partial charge < -0.3 is 24.8 Å². The minimum absolute atomic E-state index is 0.0170. The van der Waals surface area contributed by atoms with Crippen LogP contribution in [0.5, 0.6) is 0 Å². The van der Waals surface area contributed by atoms with Gasteiger partial charge in [-0.1, -0.05) is 60.7 Å². The number of nitro groups is 1. The molecule has 1 amide bonds. The lowest BCUT2D eigenvalue weighted by atomic mass is 9.98. The predicted octanol–water partition coefficient (Wildman–Crippen LogP) is 6.45. The maximum absolute atomic E-state index is 12.6. The van der Waals surface area contributed by atoms with Crippen LogP contribution in [0.15, 0.2) is 122 Å². The number of nitrogens with zero attached hydrogens (tertiary/aromatic N) is 4. The minimum atomic E-state index is -0.593. The van der Waals surface area contributed by atoms with Crippen molar-refractivity contribution in [3.8, 4) is 11.1 Å². The average molecular weight is 700 g/mol. The number of hydrogen-bond acceptors (Lipinski definition) is 9. The van der Waals surface area contributed by atoms with Crippen LogP contribution in [-0.4, -0.2) is 64.6 Å². The van der Waals surface area contributed by atoms with Crippen LogP contribution >= 0.6 is 0 Å². The molecule has 0 spiro atoms. The highest BCUT2D eigenvalue weighted by atomic mass is 16.7. The van der Waals surface area contributed by atoms with E-state index in [9.17, 15) is 20.0 Å². The van der Waals surface area contributed by atoms with E-state index < -0.39 is 6.29 Å². The Morgan fingerprint density at radius 3 is 2.31 bits per heavy atom. The van der Waals surface area contributed by atoms with Crippen molar-refractivity contribution < 1.29 is 24.3 Å². The standard InChI is InChI=1S/C41H41N5O6/c47-28-29-9-11-31(12-10-29)39-24-38(27-44-18-20-45(21-19-44)36-13-15-37(16-14-36)46(49)50)51-41(52-39)34-7-2-6-33(23-34)32-5-1-4-30(22-32)25-43-40(48)35-8-3-17-42-26-35/h1-17,22-23,26,38-39,41,47H,18-21,24-25,27-28H2,(H,43,48)/t38-,39+,41+/m1/s1. The van der Waals surface area contributed by atoms with Crippen LogP contribution in [0.1, 0.15) is 51.4 Å². The maximum Gasteiger partial charge on any atom is 0.269 e. The topological polar surface area (TPSA) is 130 Å². The SMILES string of the molecule is O=C(NCc1cccc(-c2cccc([C@H]3O[C@@H](CN4CCN(c5ccc([N+](=O)[O-])cc5)CC4)C[C@@H](c4ccc(CO)cc4)O3)c2)c1)c1cccnc1. The Morgan fingerprint density at radius 1 is 0.846 bits per heavy atom. The zero-order chi connectivity index (χ0) is 35.9. The Kier molecular flexibility index (Phi) is 10.9. The van der Waals surface area contributed by atoms with E-state index in [4.69, 9.17) is 9.47 Å². The van der Waals surface area contributed by atoms with Crippen molar-refractivity contribution >= 4 is 17.3 Å². The molecule has 2 fully saturated rings. The highest BCUT2D eigenvalue weighted by Crippen LogP contribution is 2.39. The second-order valence-corrected chi connectivity index (χ2v) is 13.2. The highest BCUT2D eigenvalue weighted by Gasteiger charge is 2.34. The molecule has 2 aliphatic heterocycles. The van der Waals surface area contributed by atoms with Gasteiger partial charge in [0, 0.05) is 81.5 Å². The van der Waals surface area contributed by atoms with Crippen LogP contribution in [-0.2, 0) is 22.6 Å². The van der Waals surface area contributed by atoms with Crippen LogP contribution in [0.3, 0.4) is 0 Å². The molecule has 52 heavy (non-hydrogen) atoms. The highest BCUT2D eigenvalue weighted by molar-refractivity contribution is 5.93. The molecular formula is C41H41N5O6. The number of nitro benzene ring substituents is 1. The fourth-order valence-corrected chi connectivity index (χ4v) is 6.80. The van der Waals surface area contributed by atoms with Gasteiger partial charge in [0.1, 0.15) is 0 Å². The van der Waals surface area contributed by atoms with Crippen molar-refractivity contribution in [2.45, 2.75) is 38.1 Å². The molecule has 11 nitrogen and oxygen atoms in total. The van der Waals surface area contributed by atoms with E-state index >= 15 is 0 Å². The third kappa shape index (κ3) is 8.52. The number of benzene rings is 4. The van der Waals surface area contributed by atoms with E-state index in [-0.39, 0.29) is 35.3 Å². The Morgan fingerprint density at radius 2 is 1.60 bits per heavy atom. The van der Waals surface area contributed by atoms with Gasteiger partial charge in [0.25, 0.3) is 11.6 Å². The van der Waals surface area contributed by atoms with Crippen LogP contribution in [0.2, 0.25) is 0 Å². The quantitative estimate of drug-likeness (QED) is 0.118. The maximum atomic E-state index is 12.6. The van der Waals surface area contributed by atoms with E-state index in [2.05, 4.69) is 44.4 Å². The van der Waals surface area contributed by atoms with Crippen LogP contribution < -0.4 is 10.2 Å². The summed E-state index contributed by atoms with van der Waals surface area (Å²) >= 11 is 0. The number of aliphatic hydroxyl groups is 1. The number of pyridine rings is 1. The smallest absolute Gasteiger partial charge is 0.269 e. The first-order valence-corrected chi connectivity index (χ1v) is 17.5. The number of carbonyl (C=O) groups excluding carboxylic acids is 1. The summed E-state index contributed by atoms with van der Waals surface area (Å²) in [7, 11) is 0. The van der Waals surface area contributed by atoms with E-state index in [1.165, 1.54) is 0 Å². The van der Waals surface area contributed by atoms with Gasteiger partial charge in [-0.05, 0) is 64.2 Å². The fraction of sp³-hybridized carbons (Fsp3) is 0.268. The summed E-state index contributed by atoms with van der Waals surface area (Å²) in [5.41, 5.74) is 7.40. The fourth-order valence-electron chi connectivity index (χ4n) is 6.80. The molecule has 2 saturated heterocycles. The molecule has 0 bridgehead atoms. The average Bonchev–Trinajstić information content (AvgIpc) is 3.20. The van der Waals surface area contributed by atoms with Crippen molar-refractivity contribution in [2.24, 2.45) is 0 Å². The lowest BCUT2D eigenvalue weighted by Crippen LogP contribution is -2.49. The Labute approximate surface area is 302 Å². The number of nitrogens with one attached hydrogen (secondary N) is 1. The number of carbonyl (C=O) groups is 1. The van der Waals surface area contributed by atoms with Crippen molar-refractivity contribution in [1.29, 1.82) is 0 Å². The zero-order valence-corrected chi connectivity index (χ0v) is 28.7. The molecule has 2 N–H and O–H groups in total. The number of hydrogen-bond donors (Lipinski definition) is 2. The van der Waals surface area contributed by atoms with Crippen LogP contribution in [0.4, 0.5) is 11.4 Å². The molecular weight excluding hydrogens is 658 g/mol. The molecule has 11 heteroatoms. The first-order valence-electron chi connectivity index (χ1n) is 17.5. The van der Waals surface area contributed by atoms with Gasteiger partial charge in [0.2, 0.25) is 0 Å². The van der Waals surface area contributed by atoms with Gasteiger partial charge in [-0.25, -0.2) is 0 Å².